The van der Waals surface area contributed by atoms with E-state index in [4.69, 9.17) is 11.6 Å². The lowest BCUT2D eigenvalue weighted by Gasteiger charge is -2.27. The van der Waals surface area contributed by atoms with Crippen molar-refractivity contribution in [2.45, 2.75) is 19.9 Å². The number of rotatable bonds is 3. The van der Waals surface area contributed by atoms with Crippen LogP contribution in [0.1, 0.15) is 17.8 Å². The number of halogens is 3. The molecule has 1 N–H and O–H groups in total. The lowest BCUT2D eigenvalue weighted by Crippen LogP contribution is -2.47. The van der Waals surface area contributed by atoms with Gasteiger partial charge >= 0.3 is 0 Å². The number of nitrogens with zero attached hydrogens (tertiary/aromatic N) is 3. The number of hydrogen-bond acceptors (Lipinski definition) is 3. The average Bonchev–Trinajstić information content (AvgIpc) is 2.68. The molecule has 1 aliphatic rings. The maximum Gasteiger partial charge on any atom is 0.283 e. The zero-order valence-corrected chi connectivity index (χ0v) is 11.3. The second-order valence-corrected chi connectivity index (χ2v) is 4.75. The predicted molar refractivity (Wildman–Crippen MR) is 66.4 cm³/mol. The summed E-state index contributed by atoms with van der Waals surface area (Å²) in [6.07, 6.45) is -2.73. The van der Waals surface area contributed by atoms with Crippen LogP contribution in [0, 0.1) is 6.92 Å². The molecule has 0 aromatic carbocycles. The zero-order valence-electron chi connectivity index (χ0n) is 10.5. The van der Waals surface area contributed by atoms with Crippen molar-refractivity contribution < 1.29 is 13.6 Å². The molecular formula is C11H15ClF2N4O. The molecule has 1 aliphatic heterocycles. The number of nitrogens with one attached hydrogen (secondary N) is 1. The van der Waals surface area contributed by atoms with Crippen LogP contribution >= 0.6 is 11.6 Å². The van der Waals surface area contributed by atoms with Crippen molar-refractivity contribution in [3.05, 3.63) is 16.4 Å². The fourth-order valence-corrected chi connectivity index (χ4v) is 2.20. The van der Waals surface area contributed by atoms with Crippen LogP contribution in [0.2, 0.25) is 5.02 Å². The van der Waals surface area contributed by atoms with Crippen molar-refractivity contribution in [1.82, 2.24) is 20.0 Å². The topological polar surface area (TPSA) is 50.2 Å². The summed E-state index contributed by atoms with van der Waals surface area (Å²) < 4.78 is 26.5. The monoisotopic (exact) mass is 292 g/mol. The highest BCUT2D eigenvalue weighted by molar-refractivity contribution is 6.31. The van der Waals surface area contributed by atoms with Crippen molar-refractivity contribution in [3.63, 3.8) is 0 Å². The summed E-state index contributed by atoms with van der Waals surface area (Å²) >= 11 is 5.78. The first-order valence-electron chi connectivity index (χ1n) is 6.00. The molecule has 0 saturated carbocycles. The average molecular weight is 293 g/mol. The molecule has 1 aromatic heterocycles. The van der Waals surface area contributed by atoms with Crippen molar-refractivity contribution >= 4 is 17.5 Å². The molecule has 1 saturated heterocycles. The molecule has 0 spiro atoms. The van der Waals surface area contributed by atoms with Gasteiger partial charge in [0.2, 0.25) is 5.91 Å². The first-order valence-corrected chi connectivity index (χ1v) is 6.38. The summed E-state index contributed by atoms with van der Waals surface area (Å²) in [6.45, 7) is 4.24. The van der Waals surface area contributed by atoms with E-state index in [1.54, 1.807) is 11.8 Å². The van der Waals surface area contributed by atoms with Crippen LogP contribution in [0.15, 0.2) is 0 Å². The van der Waals surface area contributed by atoms with Gasteiger partial charge in [0.15, 0.2) is 0 Å². The number of alkyl halides is 2. The van der Waals surface area contributed by atoms with Gasteiger partial charge in [-0.15, -0.1) is 0 Å². The van der Waals surface area contributed by atoms with E-state index in [1.807, 2.05) is 0 Å². The smallest absolute Gasteiger partial charge is 0.283 e. The Labute approximate surface area is 114 Å². The number of aromatic nitrogens is 2. The van der Waals surface area contributed by atoms with E-state index in [-0.39, 0.29) is 17.5 Å². The van der Waals surface area contributed by atoms with Gasteiger partial charge in [-0.25, -0.2) is 8.78 Å². The molecule has 19 heavy (non-hydrogen) atoms. The third-order valence-electron chi connectivity index (χ3n) is 3.12. The van der Waals surface area contributed by atoms with E-state index < -0.39 is 12.1 Å². The van der Waals surface area contributed by atoms with Gasteiger partial charge in [0.1, 0.15) is 12.2 Å². The predicted octanol–water partition coefficient (Wildman–Crippen LogP) is 1.21. The number of piperazine rings is 1. The van der Waals surface area contributed by atoms with Crippen LogP contribution in [0.5, 0.6) is 0 Å². The first-order chi connectivity index (χ1) is 9.00. The number of amides is 1. The van der Waals surface area contributed by atoms with Crippen molar-refractivity contribution in [3.8, 4) is 0 Å². The molecule has 1 amide bonds. The molecular weight excluding hydrogens is 278 g/mol. The van der Waals surface area contributed by atoms with Crippen LogP contribution < -0.4 is 5.32 Å². The van der Waals surface area contributed by atoms with Gasteiger partial charge in [-0.1, -0.05) is 11.6 Å². The van der Waals surface area contributed by atoms with E-state index >= 15 is 0 Å². The molecule has 0 bridgehead atoms. The van der Waals surface area contributed by atoms with Gasteiger partial charge in [0, 0.05) is 26.2 Å². The van der Waals surface area contributed by atoms with Gasteiger partial charge in [0.05, 0.1) is 10.7 Å². The maximum atomic E-state index is 12.6. The molecule has 8 heteroatoms. The van der Waals surface area contributed by atoms with Crippen LogP contribution in [0.25, 0.3) is 0 Å². The third kappa shape index (κ3) is 3.03. The fourth-order valence-electron chi connectivity index (χ4n) is 1.98. The van der Waals surface area contributed by atoms with Crippen molar-refractivity contribution in [2.24, 2.45) is 0 Å². The number of carbonyl (C=O) groups excluding carboxylic acids is 1. The van der Waals surface area contributed by atoms with Crippen LogP contribution in [-0.2, 0) is 11.3 Å². The Hall–Kier alpha value is -1.21. The normalized spacial score (nSPS) is 16.2. The Bertz CT molecular complexity index is 472. The summed E-state index contributed by atoms with van der Waals surface area (Å²) in [4.78, 5) is 13.7. The molecule has 0 radical (unpaired) electrons. The van der Waals surface area contributed by atoms with E-state index in [9.17, 15) is 13.6 Å². The highest BCUT2D eigenvalue weighted by atomic mass is 35.5. The Morgan fingerprint density at radius 3 is 2.63 bits per heavy atom. The van der Waals surface area contributed by atoms with Gasteiger partial charge in [-0.2, -0.15) is 5.10 Å². The highest BCUT2D eigenvalue weighted by Gasteiger charge is 2.23. The number of carbonyl (C=O) groups is 1. The summed E-state index contributed by atoms with van der Waals surface area (Å²) in [5.41, 5.74) is -0.0762. The second-order valence-electron chi connectivity index (χ2n) is 4.37. The highest BCUT2D eigenvalue weighted by Crippen LogP contribution is 2.28. The molecule has 1 fully saturated rings. The SMILES string of the molecule is Cc1c(Cl)c(C(F)F)nn1CC(=O)N1CCNCC1. The summed E-state index contributed by atoms with van der Waals surface area (Å²) in [5, 5.41) is 6.79. The lowest BCUT2D eigenvalue weighted by atomic mass is 10.3. The van der Waals surface area contributed by atoms with Gasteiger partial charge < -0.3 is 10.2 Å². The van der Waals surface area contributed by atoms with Gasteiger partial charge in [-0.3, -0.25) is 9.48 Å². The van der Waals surface area contributed by atoms with E-state index in [1.165, 1.54) is 4.68 Å². The third-order valence-corrected chi connectivity index (χ3v) is 3.59. The molecule has 2 rings (SSSR count). The molecule has 0 atom stereocenters. The van der Waals surface area contributed by atoms with Crippen molar-refractivity contribution in [1.29, 1.82) is 0 Å². The molecule has 2 heterocycles. The minimum absolute atomic E-state index is 0.0573. The largest absolute Gasteiger partial charge is 0.339 e. The molecule has 0 unspecified atom stereocenters. The molecule has 106 valence electrons. The van der Waals surface area contributed by atoms with Gasteiger partial charge in [-0.05, 0) is 6.92 Å². The Kier molecular flexibility index (Phi) is 4.36. The van der Waals surface area contributed by atoms with E-state index in [2.05, 4.69) is 10.4 Å². The Morgan fingerprint density at radius 2 is 2.11 bits per heavy atom. The van der Waals surface area contributed by atoms with Crippen LogP contribution in [0.4, 0.5) is 8.78 Å². The Balaban J connectivity index is 2.10. The first kappa shape index (κ1) is 14.2. The molecule has 1 aromatic rings. The second kappa shape index (κ2) is 5.83. The Morgan fingerprint density at radius 1 is 1.47 bits per heavy atom. The molecule has 0 aliphatic carbocycles. The summed E-state index contributed by atoms with van der Waals surface area (Å²) in [6, 6.07) is 0. The minimum atomic E-state index is -2.73. The van der Waals surface area contributed by atoms with Crippen LogP contribution in [0.3, 0.4) is 0 Å². The van der Waals surface area contributed by atoms with Crippen LogP contribution in [-0.4, -0.2) is 46.8 Å². The zero-order chi connectivity index (χ0) is 14.0. The fraction of sp³-hybridized carbons (Fsp3) is 0.636. The summed E-state index contributed by atoms with van der Waals surface area (Å²) in [5.74, 6) is -0.135. The minimum Gasteiger partial charge on any atom is -0.339 e. The lowest BCUT2D eigenvalue weighted by molar-refractivity contribution is -0.132. The van der Waals surface area contributed by atoms with E-state index in [0.29, 0.717) is 18.8 Å². The number of hydrogen-bond donors (Lipinski definition) is 1. The van der Waals surface area contributed by atoms with Crippen molar-refractivity contribution in [2.75, 3.05) is 26.2 Å². The molecule has 5 nitrogen and oxygen atoms in total. The standard InChI is InChI=1S/C11H15ClF2N4O/c1-7-9(12)10(11(13)14)16-18(7)6-8(19)17-4-2-15-3-5-17/h11,15H,2-6H2,1H3. The maximum absolute atomic E-state index is 12.6. The van der Waals surface area contributed by atoms with E-state index in [0.717, 1.165) is 13.1 Å². The quantitative estimate of drug-likeness (QED) is 0.911. The van der Waals surface area contributed by atoms with Gasteiger partial charge in [0.25, 0.3) is 6.43 Å². The summed E-state index contributed by atoms with van der Waals surface area (Å²) in [7, 11) is 0.